The van der Waals surface area contributed by atoms with Crippen molar-refractivity contribution >= 4 is 11.7 Å². The van der Waals surface area contributed by atoms with Crippen molar-refractivity contribution in [1.82, 2.24) is 14.8 Å². The number of carbonyl (C=O) groups is 2. The van der Waals surface area contributed by atoms with Crippen LogP contribution in [0.1, 0.15) is 32.1 Å². The topological polar surface area (TPSA) is 65.6 Å². The standard InChI is InChI=1S/C20H25N3O3/c1-14-12-18(15(2)21-14)19(24)13-22-8-10-23(11-9-22)20(25)16-4-6-17(26-3)7-5-16/h4-7,12,21H,8-11,13H2,1-3H3. The number of hydrogen-bond donors (Lipinski definition) is 1. The molecule has 1 N–H and O–H groups in total. The van der Waals surface area contributed by atoms with Crippen LogP contribution in [0.4, 0.5) is 0 Å². The Morgan fingerprint density at radius 1 is 1.08 bits per heavy atom. The number of aryl methyl sites for hydroxylation is 2. The van der Waals surface area contributed by atoms with Crippen molar-refractivity contribution < 1.29 is 14.3 Å². The predicted octanol–water partition coefficient (Wildman–Crippen LogP) is 2.28. The first-order chi connectivity index (χ1) is 12.5. The van der Waals surface area contributed by atoms with Gasteiger partial charge in [0, 0.05) is 48.7 Å². The monoisotopic (exact) mass is 355 g/mol. The van der Waals surface area contributed by atoms with Gasteiger partial charge in [-0.1, -0.05) is 0 Å². The fourth-order valence-corrected chi connectivity index (χ4v) is 3.33. The van der Waals surface area contributed by atoms with Crippen LogP contribution in [-0.4, -0.2) is 66.3 Å². The van der Waals surface area contributed by atoms with Crippen LogP contribution < -0.4 is 4.74 Å². The number of ketones is 1. The maximum atomic E-state index is 12.6. The number of benzene rings is 1. The molecule has 1 aliphatic heterocycles. The number of hydrogen-bond acceptors (Lipinski definition) is 4. The first kappa shape index (κ1) is 18.2. The second kappa shape index (κ2) is 7.74. The molecule has 0 spiro atoms. The van der Waals surface area contributed by atoms with E-state index in [4.69, 9.17) is 4.74 Å². The van der Waals surface area contributed by atoms with E-state index < -0.39 is 0 Å². The first-order valence-corrected chi connectivity index (χ1v) is 8.83. The number of nitrogens with one attached hydrogen (secondary N) is 1. The van der Waals surface area contributed by atoms with Crippen LogP contribution in [0.2, 0.25) is 0 Å². The molecule has 0 radical (unpaired) electrons. The van der Waals surface area contributed by atoms with Gasteiger partial charge in [0.2, 0.25) is 0 Å². The SMILES string of the molecule is COc1ccc(C(=O)N2CCN(CC(=O)c3cc(C)[nH]c3C)CC2)cc1. The largest absolute Gasteiger partial charge is 0.497 e. The number of aromatic nitrogens is 1. The van der Waals surface area contributed by atoms with Crippen molar-refractivity contribution in [2.24, 2.45) is 0 Å². The molecule has 1 aromatic carbocycles. The van der Waals surface area contributed by atoms with E-state index in [1.165, 1.54) is 0 Å². The Balaban J connectivity index is 1.54. The third-order valence-corrected chi connectivity index (χ3v) is 4.81. The average molecular weight is 355 g/mol. The van der Waals surface area contributed by atoms with Crippen molar-refractivity contribution in [3.05, 3.63) is 52.8 Å². The van der Waals surface area contributed by atoms with Crippen LogP contribution in [-0.2, 0) is 0 Å². The van der Waals surface area contributed by atoms with E-state index in [1.807, 2.05) is 24.8 Å². The summed E-state index contributed by atoms with van der Waals surface area (Å²) in [6.07, 6.45) is 0. The van der Waals surface area contributed by atoms with E-state index in [9.17, 15) is 9.59 Å². The molecule has 138 valence electrons. The summed E-state index contributed by atoms with van der Waals surface area (Å²) in [5.74, 6) is 0.887. The third kappa shape index (κ3) is 3.96. The minimum atomic E-state index is 0.0238. The second-order valence-electron chi connectivity index (χ2n) is 6.71. The van der Waals surface area contributed by atoms with Gasteiger partial charge < -0.3 is 14.6 Å². The number of amides is 1. The maximum absolute atomic E-state index is 12.6. The van der Waals surface area contributed by atoms with E-state index in [0.29, 0.717) is 38.3 Å². The average Bonchev–Trinajstić information content (AvgIpc) is 3.00. The Labute approximate surface area is 153 Å². The van der Waals surface area contributed by atoms with Gasteiger partial charge >= 0.3 is 0 Å². The predicted molar refractivity (Wildman–Crippen MR) is 99.9 cm³/mol. The molecule has 3 rings (SSSR count). The fourth-order valence-electron chi connectivity index (χ4n) is 3.33. The van der Waals surface area contributed by atoms with Gasteiger partial charge in [0.25, 0.3) is 5.91 Å². The molecule has 1 fully saturated rings. The van der Waals surface area contributed by atoms with Gasteiger partial charge in [-0.2, -0.15) is 0 Å². The molecule has 0 aliphatic carbocycles. The van der Waals surface area contributed by atoms with Gasteiger partial charge in [-0.15, -0.1) is 0 Å². The summed E-state index contributed by atoms with van der Waals surface area (Å²) in [7, 11) is 1.60. The van der Waals surface area contributed by atoms with Gasteiger partial charge in [0.1, 0.15) is 5.75 Å². The zero-order valence-electron chi connectivity index (χ0n) is 15.5. The molecule has 6 nitrogen and oxygen atoms in total. The van der Waals surface area contributed by atoms with Crippen LogP contribution in [0.5, 0.6) is 5.75 Å². The third-order valence-electron chi connectivity index (χ3n) is 4.81. The Hall–Kier alpha value is -2.60. The van der Waals surface area contributed by atoms with Gasteiger partial charge in [-0.05, 0) is 44.2 Å². The smallest absolute Gasteiger partial charge is 0.253 e. The lowest BCUT2D eigenvalue weighted by Crippen LogP contribution is -2.49. The first-order valence-electron chi connectivity index (χ1n) is 8.83. The lowest BCUT2D eigenvalue weighted by atomic mass is 10.1. The summed E-state index contributed by atoms with van der Waals surface area (Å²) < 4.78 is 5.13. The van der Waals surface area contributed by atoms with Gasteiger partial charge in [0.15, 0.2) is 5.78 Å². The number of methoxy groups -OCH3 is 1. The number of carbonyl (C=O) groups excluding carboxylic acids is 2. The molecule has 26 heavy (non-hydrogen) atoms. The molecular formula is C20H25N3O3. The lowest BCUT2D eigenvalue weighted by molar-refractivity contribution is 0.0624. The van der Waals surface area contributed by atoms with E-state index >= 15 is 0 Å². The van der Waals surface area contributed by atoms with Gasteiger partial charge in [-0.3, -0.25) is 14.5 Å². The molecule has 0 bridgehead atoms. The summed E-state index contributed by atoms with van der Waals surface area (Å²) >= 11 is 0. The molecule has 0 atom stereocenters. The molecule has 0 unspecified atom stereocenters. The summed E-state index contributed by atoms with van der Waals surface area (Å²) in [4.78, 5) is 32.2. The fraction of sp³-hybridized carbons (Fsp3) is 0.400. The zero-order chi connectivity index (χ0) is 18.7. The molecule has 0 saturated carbocycles. The number of piperazine rings is 1. The van der Waals surface area contributed by atoms with E-state index in [1.54, 1.807) is 31.4 Å². The van der Waals surface area contributed by atoms with Crippen molar-refractivity contribution in [1.29, 1.82) is 0 Å². The van der Waals surface area contributed by atoms with E-state index in [-0.39, 0.29) is 11.7 Å². The van der Waals surface area contributed by atoms with E-state index in [2.05, 4.69) is 9.88 Å². The maximum Gasteiger partial charge on any atom is 0.253 e. The van der Waals surface area contributed by atoms with E-state index in [0.717, 1.165) is 22.7 Å². The van der Waals surface area contributed by atoms with Gasteiger partial charge in [-0.25, -0.2) is 0 Å². The Bertz CT molecular complexity index is 787. The molecular weight excluding hydrogens is 330 g/mol. The minimum absolute atomic E-state index is 0.0238. The highest BCUT2D eigenvalue weighted by molar-refractivity contribution is 5.99. The highest BCUT2D eigenvalue weighted by atomic mass is 16.5. The summed E-state index contributed by atoms with van der Waals surface area (Å²) in [5.41, 5.74) is 3.34. The molecule has 1 aromatic heterocycles. The van der Waals surface area contributed by atoms with Gasteiger partial charge in [0.05, 0.1) is 13.7 Å². The second-order valence-corrected chi connectivity index (χ2v) is 6.71. The number of aromatic amines is 1. The number of Topliss-reactive ketones (excluding diaryl/α,β-unsaturated/α-hetero) is 1. The van der Waals surface area contributed by atoms with Crippen LogP contribution >= 0.6 is 0 Å². The van der Waals surface area contributed by atoms with Crippen LogP contribution in [0.15, 0.2) is 30.3 Å². The molecule has 2 heterocycles. The van der Waals surface area contributed by atoms with Crippen LogP contribution in [0, 0.1) is 13.8 Å². The number of rotatable bonds is 5. The Morgan fingerprint density at radius 2 is 1.73 bits per heavy atom. The summed E-state index contributed by atoms with van der Waals surface area (Å²) in [6, 6.07) is 9.07. The van der Waals surface area contributed by atoms with Crippen molar-refractivity contribution in [3.63, 3.8) is 0 Å². The number of ether oxygens (including phenoxy) is 1. The number of nitrogens with zero attached hydrogens (tertiary/aromatic N) is 2. The molecule has 1 saturated heterocycles. The van der Waals surface area contributed by atoms with Crippen LogP contribution in [0.25, 0.3) is 0 Å². The highest BCUT2D eigenvalue weighted by Crippen LogP contribution is 2.15. The quantitative estimate of drug-likeness (QED) is 0.836. The zero-order valence-corrected chi connectivity index (χ0v) is 15.5. The summed E-state index contributed by atoms with van der Waals surface area (Å²) in [6.45, 7) is 6.93. The van der Waals surface area contributed by atoms with Crippen molar-refractivity contribution in [2.45, 2.75) is 13.8 Å². The van der Waals surface area contributed by atoms with Crippen molar-refractivity contribution in [3.8, 4) is 5.75 Å². The molecule has 6 heteroatoms. The normalized spacial score (nSPS) is 15.1. The molecule has 2 aromatic rings. The Kier molecular flexibility index (Phi) is 5.42. The van der Waals surface area contributed by atoms with Crippen molar-refractivity contribution in [2.75, 3.05) is 39.8 Å². The highest BCUT2D eigenvalue weighted by Gasteiger charge is 2.24. The minimum Gasteiger partial charge on any atom is -0.497 e. The number of H-pyrrole nitrogens is 1. The summed E-state index contributed by atoms with van der Waals surface area (Å²) in [5, 5.41) is 0. The lowest BCUT2D eigenvalue weighted by Gasteiger charge is -2.34. The molecule has 1 amide bonds. The Morgan fingerprint density at radius 3 is 2.27 bits per heavy atom. The van der Waals surface area contributed by atoms with Crippen LogP contribution in [0.3, 0.4) is 0 Å². The molecule has 1 aliphatic rings.